The summed E-state index contributed by atoms with van der Waals surface area (Å²) in [4.78, 5) is 4.27. The van der Waals surface area contributed by atoms with Gasteiger partial charge in [0.25, 0.3) is 0 Å². The molecular weight excluding hydrogens is 374 g/mol. The minimum absolute atomic E-state index is 0.505. The fourth-order valence-corrected chi connectivity index (χ4v) is 2.76. The first kappa shape index (κ1) is 22.0. The summed E-state index contributed by atoms with van der Waals surface area (Å²) in [5.41, 5.74) is 1.78. The SMILES string of the molecule is CCOc1cc(NC(=NC)NCc2cc(OC)c(OC)c(OC)c2)ccc1OC. The second kappa shape index (κ2) is 10.9. The molecule has 158 valence electrons. The van der Waals surface area contributed by atoms with Gasteiger partial charge in [0.2, 0.25) is 5.75 Å². The highest BCUT2D eigenvalue weighted by molar-refractivity contribution is 5.93. The molecule has 0 bridgehead atoms. The van der Waals surface area contributed by atoms with E-state index in [1.807, 2.05) is 37.3 Å². The number of aliphatic imine (C=N–C) groups is 1. The van der Waals surface area contributed by atoms with Crippen LogP contribution in [-0.2, 0) is 6.54 Å². The van der Waals surface area contributed by atoms with Gasteiger partial charge in [-0.2, -0.15) is 0 Å². The molecular formula is C21H29N3O5. The van der Waals surface area contributed by atoms with Gasteiger partial charge in [-0.05, 0) is 36.8 Å². The molecule has 8 heteroatoms. The van der Waals surface area contributed by atoms with Crippen LogP contribution >= 0.6 is 0 Å². The average molecular weight is 403 g/mol. The van der Waals surface area contributed by atoms with E-state index in [0.29, 0.717) is 47.9 Å². The quantitative estimate of drug-likeness (QED) is 0.491. The van der Waals surface area contributed by atoms with Crippen LogP contribution in [0.5, 0.6) is 28.7 Å². The summed E-state index contributed by atoms with van der Waals surface area (Å²) >= 11 is 0. The Morgan fingerprint density at radius 2 is 1.52 bits per heavy atom. The number of ether oxygens (including phenoxy) is 5. The van der Waals surface area contributed by atoms with E-state index in [9.17, 15) is 0 Å². The first-order valence-electron chi connectivity index (χ1n) is 9.17. The molecule has 0 atom stereocenters. The lowest BCUT2D eigenvalue weighted by Crippen LogP contribution is -2.30. The zero-order valence-electron chi connectivity index (χ0n) is 17.8. The molecule has 0 unspecified atom stereocenters. The van der Waals surface area contributed by atoms with Crippen LogP contribution in [0.3, 0.4) is 0 Å². The van der Waals surface area contributed by atoms with Crippen molar-refractivity contribution in [2.45, 2.75) is 13.5 Å². The van der Waals surface area contributed by atoms with E-state index in [2.05, 4.69) is 15.6 Å². The number of benzene rings is 2. The maximum Gasteiger partial charge on any atom is 0.203 e. The van der Waals surface area contributed by atoms with Gasteiger partial charge >= 0.3 is 0 Å². The topological polar surface area (TPSA) is 82.6 Å². The van der Waals surface area contributed by atoms with Gasteiger partial charge in [-0.25, -0.2) is 0 Å². The molecule has 0 aliphatic carbocycles. The van der Waals surface area contributed by atoms with Gasteiger partial charge < -0.3 is 34.3 Å². The third-order valence-corrected chi connectivity index (χ3v) is 4.13. The van der Waals surface area contributed by atoms with Gasteiger partial charge in [-0.1, -0.05) is 0 Å². The van der Waals surface area contributed by atoms with Crippen molar-refractivity contribution in [1.82, 2.24) is 5.32 Å². The Morgan fingerprint density at radius 3 is 2.03 bits per heavy atom. The molecule has 2 rings (SSSR count). The van der Waals surface area contributed by atoms with Gasteiger partial charge in [-0.3, -0.25) is 4.99 Å². The number of hydrogen-bond acceptors (Lipinski definition) is 6. The lowest BCUT2D eigenvalue weighted by atomic mass is 10.2. The molecule has 29 heavy (non-hydrogen) atoms. The van der Waals surface area contributed by atoms with E-state index in [4.69, 9.17) is 23.7 Å². The normalized spacial score (nSPS) is 10.9. The zero-order chi connectivity index (χ0) is 21.2. The minimum atomic E-state index is 0.505. The lowest BCUT2D eigenvalue weighted by molar-refractivity contribution is 0.311. The number of methoxy groups -OCH3 is 4. The summed E-state index contributed by atoms with van der Waals surface area (Å²) < 4.78 is 27.1. The number of hydrogen-bond donors (Lipinski definition) is 2. The minimum Gasteiger partial charge on any atom is -0.493 e. The van der Waals surface area contributed by atoms with Gasteiger partial charge in [0.1, 0.15) is 0 Å². The Balaban J connectivity index is 2.13. The van der Waals surface area contributed by atoms with Crippen LogP contribution in [0.15, 0.2) is 35.3 Å². The monoisotopic (exact) mass is 403 g/mol. The third-order valence-electron chi connectivity index (χ3n) is 4.13. The van der Waals surface area contributed by atoms with Gasteiger partial charge in [0, 0.05) is 25.3 Å². The number of guanidine groups is 1. The highest BCUT2D eigenvalue weighted by atomic mass is 16.5. The van der Waals surface area contributed by atoms with Crippen LogP contribution in [-0.4, -0.2) is 48.1 Å². The van der Waals surface area contributed by atoms with Crippen molar-refractivity contribution in [2.75, 3.05) is 47.4 Å². The highest BCUT2D eigenvalue weighted by Gasteiger charge is 2.13. The van der Waals surface area contributed by atoms with Crippen molar-refractivity contribution in [3.8, 4) is 28.7 Å². The third kappa shape index (κ3) is 5.60. The molecule has 0 spiro atoms. The van der Waals surface area contributed by atoms with Crippen LogP contribution in [0.25, 0.3) is 0 Å². The number of nitrogens with zero attached hydrogens (tertiary/aromatic N) is 1. The molecule has 0 aromatic heterocycles. The number of rotatable bonds is 9. The number of nitrogens with one attached hydrogen (secondary N) is 2. The van der Waals surface area contributed by atoms with E-state index < -0.39 is 0 Å². The van der Waals surface area contributed by atoms with Crippen LogP contribution < -0.4 is 34.3 Å². The van der Waals surface area contributed by atoms with Gasteiger partial charge in [0.05, 0.1) is 35.0 Å². The Bertz CT molecular complexity index is 814. The standard InChI is InChI=1S/C21H29N3O5/c1-7-29-17-12-15(8-9-16(17)25-3)24-21(22-2)23-13-14-10-18(26-4)20(28-6)19(11-14)27-5/h8-12H,7,13H2,1-6H3,(H2,22,23,24). The largest absolute Gasteiger partial charge is 0.493 e. The predicted molar refractivity (Wildman–Crippen MR) is 114 cm³/mol. The fraction of sp³-hybridized carbons (Fsp3) is 0.381. The smallest absolute Gasteiger partial charge is 0.203 e. The number of anilines is 1. The Kier molecular flexibility index (Phi) is 8.27. The van der Waals surface area contributed by atoms with Crippen LogP contribution in [0.2, 0.25) is 0 Å². The molecule has 2 aromatic rings. The van der Waals surface area contributed by atoms with E-state index in [1.165, 1.54) is 0 Å². The Morgan fingerprint density at radius 1 is 0.862 bits per heavy atom. The van der Waals surface area contributed by atoms with Gasteiger partial charge in [0.15, 0.2) is 29.0 Å². The van der Waals surface area contributed by atoms with E-state index in [0.717, 1.165) is 11.3 Å². The van der Waals surface area contributed by atoms with Crippen LogP contribution in [0.1, 0.15) is 12.5 Å². The molecule has 0 amide bonds. The first-order valence-corrected chi connectivity index (χ1v) is 9.17. The van der Waals surface area contributed by atoms with Crippen molar-refractivity contribution < 1.29 is 23.7 Å². The second-order valence-corrected chi connectivity index (χ2v) is 5.88. The predicted octanol–water partition coefficient (Wildman–Crippen LogP) is 3.31. The Labute approximate surface area is 171 Å². The summed E-state index contributed by atoms with van der Waals surface area (Å²) in [5.74, 6) is 3.71. The van der Waals surface area contributed by atoms with Crippen molar-refractivity contribution >= 4 is 11.6 Å². The summed E-state index contributed by atoms with van der Waals surface area (Å²) in [7, 11) is 8.08. The van der Waals surface area contributed by atoms with Gasteiger partial charge in [-0.15, -0.1) is 0 Å². The molecule has 0 saturated heterocycles. The molecule has 0 radical (unpaired) electrons. The molecule has 0 heterocycles. The maximum absolute atomic E-state index is 5.62. The molecule has 8 nitrogen and oxygen atoms in total. The summed E-state index contributed by atoms with van der Waals surface area (Å²) in [6, 6.07) is 9.40. The molecule has 2 aromatic carbocycles. The summed E-state index contributed by atoms with van der Waals surface area (Å²) in [6.07, 6.45) is 0. The zero-order valence-corrected chi connectivity index (χ0v) is 17.8. The lowest BCUT2D eigenvalue weighted by Gasteiger charge is -2.16. The van der Waals surface area contributed by atoms with Crippen LogP contribution in [0, 0.1) is 0 Å². The van der Waals surface area contributed by atoms with E-state index in [-0.39, 0.29) is 0 Å². The summed E-state index contributed by atoms with van der Waals surface area (Å²) in [6.45, 7) is 2.98. The maximum atomic E-state index is 5.62. The van der Waals surface area contributed by atoms with Crippen molar-refractivity contribution in [2.24, 2.45) is 4.99 Å². The second-order valence-electron chi connectivity index (χ2n) is 5.88. The van der Waals surface area contributed by atoms with Crippen molar-refractivity contribution in [1.29, 1.82) is 0 Å². The fourth-order valence-electron chi connectivity index (χ4n) is 2.76. The van der Waals surface area contributed by atoms with E-state index >= 15 is 0 Å². The first-order chi connectivity index (χ1) is 14.1. The average Bonchev–Trinajstić information content (AvgIpc) is 2.76. The Hall–Kier alpha value is -3.29. The van der Waals surface area contributed by atoms with Crippen molar-refractivity contribution in [3.05, 3.63) is 35.9 Å². The van der Waals surface area contributed by atoms with Crippen molar-refractivity contribution in [3.63, 3.8) is 0 Å². The molecule has 0 saturated carbocycles. The van der Waals surface area contributed by atoms with E-state index in [1.54, 1.807) is 35.5 Å². The van der Waals surface area contributed by atoms with Crippen LogP contribution in [0.4, 0.5) is 5.69 Å². The molecule has 0 aliphatic heterocycles. The molecule has 2 N–H and O–H groups in total. The molecule has 0 fully saturated rings. The molecule has 0 aliphatic rings. The summed E-state index contributed by atoms with van der Waals surface area (Å²) in [5, 5.41) is 6.51. The highest BCUT2D eigenvalue weighted by Crippen LogP contribution is 2.38.